The van der Waals surface area contributed by atoms with Crippen LogP contribution < -0.4 is 5.32 Å². The largest absolute Gasteiger partial charge is 0.390 e. The maximum Gasteiger partial charge on any atom is 0.251 e. The van der Waals surface area contributed by atoms with Crippen LogP contribution in [0.3, 0.4) is 0 Å². The van der Waals surface area contributed by atoms with Crippen LogP contribution in [0.5, 0.6) is 0 Å². The maximum absolute atomic E-state index is 12.4. The number of aryl methyl sites for hydroxylation is 1. The Labute approximate surface area is 132 Å². The number of halogens is 1. The summed E-state index contributed by atoms with van der Waals surface area (Å²) in [4.78, 5) is 12.4. The van der Waals surface area contributed by atoms with E-state index in [0.29, 0.717) is 12.0 Å². The first-order chi connectivity index (χ1) is 10.0. The van der Waals surface area contributed by atoms with Gasteiger partial charge in [-0.3, -0.25) is 4.79 Å². The summed E-state index contributed by atoms with van der Waals surface area (Å²) >= 11 is 3.40. The molecule has 0 spiro atoms. The van der Waals surface area contributed by atoms with Gasteiger partial charge in [-0.05, 0) is 41.8 Å². The number of benzene rings is 2. The number of hydrogen-bond donors (Lipinski definition) is 2. The number of rotatable bonds is 2. The lowest BCUT2D eigenvalue weighted by atomic mass is 10.1. The third kappa shape index (κ3) is 2.87. The summed E-state index contributed by atoms with van der Waals surface area (Å²) in [5, 5.41) is 13.1. The van der Waals surface area contributed by atoms with E-state index in [1.807, 2.05) is 43.3 Å². The molecule has 4 heteroatoms. The van der Waals surface area contributed by atoms with E-state index >= 15 is 0 Å². The quantitative estimate of drug-likeness (QED) is 0.878. The molecule has 3 nitrogen and oxygen atoms in total. The number of hydrogen-bond acceptors (Lipinski definition) is 2. The number of nitrogens with one attached hydrogen (secondary N) is 1. The molecule has 0 heterocycles. The van der Waals surface area contributed by atoms with Crippen molar-refractivity contribution in [1.29, 1.82) is 0 Å². The lowest BCUT2D eigenvalue weighted by Crippen LogP contribution is -2.33. The average Bonchev–Trinajstić information content (AvgIpc) is 2.74. The zero-order chi connectivity index (χ0) is 15.0. The molecule has 0 fully saturated rings. The standard InChI is InChI=1S/C17H16BrNO2/c1-10-6-12(8-13(18)7-10)17(21)19-16-14-5-3-2-4-11(14)9-15(16)20/h2-8,15-16,20H,9H2,1H3,(H,19,21)/t15-,16+/m1/s1. The second-order valence-electron chi connectivity index (χ2n) is 5.44. The van der Waals surface area contributed by atoms with Crippen LogP contribution in [0.1, 0.15) is 33.1 Å². The SMILES string of the molecule is Cc1cc(Br)cc(C(=O)N[C@H]2c3ccccc3C[C@H]2O)c1. The van der Waals surface area contributed by atoms with Crippen molar-refractivity contribution in [3.05, 3.63) is 69.2 Å². The first-order valence-electron chi connectivity index (χ1n) is 6.88. The van der Waals surface area contributed by atoms with Crippen molar-refractivity contribution >= 4 is 21.8 Å². The molecule has 0 saturated heterocycles. The van der Waals surface area contributed by atoms with E-state index in [1.54, 1.807) is 6.07 Å². The first-order valence-corrected chi connectivity index (χ1v) is 7.68. The molecule has 21 heavy (non-hydrogen) atoms. The van der Waals surface area contributed by atoms with Crippen molar-refractivity contribution in [2.75, 3.05) is 0 Å². The lowest BCUT2D eigenvalue weighted by Gasteiger charge is -2.18. The van der Waals surface area contributed by atoms with Crippen LogP contribution in [0.4, 0.5) is 0 Å². The highest BCUT2D eigenvalue weighted by Gasteiger charge is 2.32. The predicted molar refractivity (Wildman–Crippen MR) is 85.2 cm³/mol. The summed E-state index contributed by atoms with van der Waals surface area (Å²) in [6.07, 6.45) is 0.0122. The molecule has 0 radical (unpaired) electrons. The fourth-order valence-corrected chi connectivity index (χ4v) is 3.45. The summed E-state index contributed by atoms with van der Waals surface area (Å²) in [6, 6.07) is 13.1. The Bertz CT molecular complexity index is 679. The minimum absolute atomic E-state index is 0.167. The van der Waals surface area contributed by atoms with Crippen molar-refractivity contribution in [1.82, 2.24) is 5.32 Å². The Morgan fingerprint density at radius 1 is 1.29 bits per heavy atom. The molecule has 3 rings (SSSR count). The van der Waals surface area contributed by atoms with Gasteiger partial charge in [0.1, 0.15) is 0 Å². The van der Waals surface area contributed by atoms with Crippen LogP contribution in [0.25, 0.3) is 0 Å². The second kappa shape index (κ2) is 5.62. The Balaban J connectivity index is 1.85. The highest BCUT2D eigenvalue weighted by Crippen LogP contribution is 2.31. The van der Waals surface area contributed by atoms with Crippen LogP contribution in [-0.2, 0) is 6.42 Å². The minimum atomic E-state index is -0.570. The van der Waals surface area contributed by atoms with E-state index in [9.17, 15) is 9.90 Å². The van der Waals surface area contributed by atoms with Crippen LogP contribution in [0.2, 0.25) is 0 Å². The van der Waals surface area contributed by atoms with Gasteiger partial charge in [0.15, 0.2) is 0 Å². The van der Waals surface area contributed by atoms with Crippen LogP contribution in [0.15, 0.2) is 46.9 Å². The van der Waals surface area contributed by atoms with Gasteiger partial charge in [-0.2, -0.15) is 0 Å². The summed E-state index contributed by atoms with van der Waals surface area (Å²) in [5.74, 6) is -0.167. The van der Waals surface area contributed by atoms with Gasteiger partial charge >= 0.3 is 0 Å². The minimum Gasteiger partial charge on any atom is -0.390 e. The van der Waals surface area contributed by atoms with Gasteiger partial charge in [-0.15, -0.1) is 0 Å². The number of carbonyl (C=O) groups excluding carboxylic acids is 1. The fourth-order valence-electron chi connectivity index (χ4n) is 2.84. The monoisotopic (exact) mass is 345 g/mol. The average molecular weight is 346 g/mol. The van der Waals surface area contributed by atoms with Crippen molar-refractivity contribution in [2.24, 2.45) is 0 Å². The normalized spacial score (nSPS) is 20.1. The number of aliphatic hydroxyl groups excluding tert-OH is 1. The third-order valence-corrected chi connectivity index (χ3v) is 4.25. The molecule has 0 bridgehead atoms. The summed E-state index contributed by atoms with van der Waals surface area (Å²) in [7, 11) is 0. The van der Waals surface area contributed by atoms with E-state index < -0.39 is 6.10 Å². The van der Waals surface area contributed by atoms with Gasteiger partial charge < -0.3 is 10.4 Å². The van der Waals surface area contributed by atoms with Crippen molar-refractivity contribution in [3.63, 3.8) is 0 Å². The Kier molecular flexibility index (Phi) is 3.83. The fraction of sp³-hybridized carbons (Fsp3) is 0.235. The number of fused-ring (bicyclic) bond motifs is 1. The van der Waals surface area contributed by atoms with Crippen molar-refractivity contribution < 1.29 is 9.90 Å². The van der Waals surface area contributed by atoms with E-state index in [2.05, 4.69) is 21.2 Å². The van der Waals surface area contributed by atoms with E-state index in [-0.39, 0.29) is 11.9 Å². The van der Waals surface area contributed by atoms with Crippen LogP contribution in [0, 0.1) is 6.92 Å². The third-order valence-electron chi connectivity index (χ3n) is 3.79. The molecule has 0 saturated carbocycles. The summed E-state index contributed by atoms with van der Waals surface area (Å²) in [5.41, 5.74) is 3.71. The van der Waals surface area contributed by atoms with Crippen LogP contribution >= 0.6 is 15.9 Å². The number of amides is 1. The number of aliphatic hydroxyl groups is 1. The molecule has 1 amide bonds. The predicted octanol–water partition coefficient (Wildman–Crippen LogP) is 3.15. The summed E-state index contributed by atoms with van der Waals surface area (Å²) in [6.45, 7) is 1.95. The molecule has 0 unspecified atom stereocenters. The molecule has 2 atom stereocenters. The Morgan fingerprint density at radius 3 is 2.81 bits per heavy atom. The van der Waals surface area contributed by atoms with Gasteiger partial charge in [-0.25, -0.2) is 0 Å². The van der Waals surface area contributed by atoms with Gasteiger partial charge in [0.05, 0.1) is 12.1 Å². The topological polar surface area (TPSA) is 49.3 Å². The zero-order valence-electron chi connectivity index (χ0n) is 11.6. The smallest absolute Gasteiger partial charge is 0.251 e. The lowest BCUT2D eigenvalue weighted by molar-refractivity contribution is 0.0858. The van der Waals surface area contributed by atoms with Crippen molar-refractivity contribution in [3.8, 4) is 0 Å². The molecule has 1 aliphatic rings. The molecule has 108 valence electrons. The molecule has 1 aliphatic carbocycles. The number of carbonyl (C=O) groups is 1. The van der Waals surface area contributed by atoms with Gasteiger partial charge in [0.2, 0.25) is 0 Å². The van der Waals surface area contributed by atoms with E-state index in [4.69, 9.17) is 0 Å². The van der Waals surface area contributed by atoms with Crippen molar-refractivity contribution in [2.45, 2.75) is 25.5 Å². The molecule has 2 aromatic carbocycles. The second-order valence-corrected chi connectivity index (χ2v) is 6.35. The Morgan fingerprint density at radius 2 is 2.05 bits per heavy atom. The molecular formula is C17H16BrNO2. The molecule has 0 aliphatic heterocycles. The maximum atomic E-state index is 12.4. The zero-order valence-corrected chi connectivity index (χ0v) is 13.2. The Hall–Kier alpha value is -1.65. The van der Waals surface area contributed by atoms with Gasteiger partial charge in [-0.1, -0.05) is 40.2 Å². The molecular weight excluding hydrogens is 330 g/mol. The van der Waals surface area contributed by atoms with E-state index in [1.165, 1.54) is 0 Å². The molecule has 2 N–H and O–H groups in total. The molecule has 0 aromatic heterocycles. The van der Waals surface area contributed by atoms with E-state index in [0.717, 1.165) is 21.2 Å². The molecule has 2 aromatic rings. The highest BCUT2D eigenvalue weighted by molar-refractivity contribution is 9.10. The summed E-state index contributed by atoms with van der Waals surface area (Å²) < 4.78 is 0.875. The van der Waals surface area contributed by atoms with Gasteiger partial charge in [0, 0.05) is 16.5 Å². The van der Waals surface area contributed by atoms with Gasteiger partial charge in [0.25, 0.3) is 5.91 Å². The van der Waals surface area contributed by atoms with Crippen LogP contribution in [-0.4, -0.2) is 17.1 Å². The first kappa shape index (κ1) is 14.3. The highest BCUT2D eigenvalue weighted by atomic mass is 79.9.